The highest BCUT2D eigenvalue weighted by atomic mass is 16.3. The molecule has 10 heavy (non-hydrogen) atoms. The van der Waals surface area contributed by atoms with E-state index in [0.29, 0.717) is 12.3 Å². The van der Waals surface area contributed by atoms with E-state index in [-0.39, 0.29) is 5.91 Å². The molecule has 0 spiro atoms. The zero-order chi connectivity index (χ0) is 7.78. The summed E-state index contributed by atoms with van der Waals surface area (Å²) in [6.07, 6.45) is 1.86. The summed E-state index contributed by atoms with van der Waals surface area (Å²) >= 11 is 0. The predicted molar refractivity (Wildman–Crippen MR) is 37.2 cm³/mol. The molecule has 1 fully saturated rings. The lowest BCUT2D eigenvalue weighted by Gasteiger charge is -2.40. The van der Waals surface area contributed by atoms with Crippen LogP contribution in [0.5, 0.6) is 0 Å². The minimum Gasteiger partial charge on any atom is -0.390 e. The lowest BCUT2D eigenvalue weighted by atomic mass is 9.71. The van der Waals surface area contributed by atoms with Gasteiger partial charge in [-0.05, 0) is 25.7 Å². The molecule has 1 saturated carbocycles. The molecule has 0 heterocycles. The molecule has 0 saturated heterocycles. The molecule has 0 aromatic carbocycles. The van der Waals surface area contributed by atoms with Gasteiger partial charge in [-0.3, -0.25) is 4.79 Å². The van der Waals surface area contributed by atoms with Crippen molar-refractivity contribution in [1.29, 1.82) is 0 Å². The van der Waals surface area contributed by atoms with Crippen molar-refractivity contribution in [1.82, 2.24) is 0 Å². The molecule has 1 aliphatic rings. The number of carbonyl (C=O) groups excluding carboxylic acids is 1. The van der Waals surface area contributed by atoms with Gasteiger partial charge in [-0.2, -0.15) is 0 Å². The van der Waals surface area contributed by atoms with Gasteiger partial charge in [0.25, 0.3) is 0 Å². The van der Waals surface area contributed by atoms with Gasteiger partial charge in [0.2, 0.25) is 5.91 Å². The normalized spacial score (nSPS) is 38.8. The second-order valence-corrected chi connectivity index (χ2v) is 3.44. The van der Waals surface area contributed by atoms with E-state index >= 15 is 0 Å². The number of aliphatic hydroxyl groups is 1. The fourth-order valence-electron chi connectivity index (χ4n) is 1.61. The summed E-state index contributed by atoms with van der Waals surface area (Å²) in [5, 5.41) is 9.24. The van der Waals surface area contributed by atoms with Gasteiger partial charge in [-0.25, -0.2) is 0 Å². The molecule has 3 nitrogen and oxygen atoms in total. The van der Waals surface area contributed by atoms with Crippen molar-refractivity contribution in [2.24, 2.45) is 11.7 Å². The van der Waals surface area contributed by atoms with Gasteiger partial charge in [-0.15, -0.1) is 0 Å². The largest absolute Gasteiger partial charge is 0.390 e. The van der Waals surface area contributed by atoms with E-state index < -0.39 is 5.60 Å². The Balaban J connectivity index is 2.21. The minimum atomic E-state index is -0.528. The molecular weight excluding hydrogens is 130 g/mol. The van der Waals surface area contributed by atoms with Gasteiger partial charge in [-0.1, -0.05) is 0 Å². The first-order chi connectivity index (χ1) is 4.49. The van der Waals surface area contributed by atoms with Crippen LogP contribution in [0.2, 0.25) is 0 Å². The quantitative estimate of drug-likeness (QED) is 0.572. The third-order valence-electron chi connectivity index (χ3n) is 1.95. The smallest absolute Gasteiger partial charge is 0.217 e. The third kappa shape index (κ3) is 1.70. The van der Waals surface area contributed by atoms with Crippen molar-refractivity contribution in [2.75, 3.05) is 0 Å². The molecule has 3 N–H and O–H groups in total. The molecule has 3 heteroatoms. The maximum Gasteiger partial charge on any atom is 0.217 e. The second-order valence-electron chi connectivity index (χ2n) is 3.44. The lowest BCUT2D eigenvalue weighted by molar-refractivity contribution is -0.123. The Morgan fingerprint density at radius 2 is 2.30 bits per heavy atom. The van der Waals surface area contributed by atoms with Gasteiger partial charge >= 0.3 is 0 Å². The average Bonchev–Trinajstić information content (AvgIpc) is 1.57. The Morgan fingerprint density at radius 3 is 2.60 bits per heavy atom. The van der Waals surface area contributed by atoms with Gasteiger partial charge in [0, 0.05) is 6.42 Å². The molecule has 0 aromatic heterocycles. The summed E-state index contributed by atoms with van der Waals surface area (Å²) in [6.45, 7) is 1.78. The van der Waals surface area contributed by atoms with Crippen LogP contribution in [-0.2, 0) is 4.79 Å². The summed E-state index contributed by atoms with van der Waals surface area (Å²) in [5.41, 5.74) is 4.44. The molecular formula is C7H13NO2. The summed E-state index contributed by atoms with van der Waals surface area (Å²) in [4.78, 5) is 10.4. The van der Waals surface area contributed by atoms with Crippen molar-refractivity contribution < 1.29 is 9.90 Å². The molecule has 0 bridgehead atoms. The van der Waals surface area contributed by atoms with Crippen LogP contribution in [0.3, 0.4) is 0 Å². The van der Waals surface area contributed by atoms with E-state index in [4.69, 9.17) is 5.73 Å². The zero-order valence-corrected chi connectivity index (χ0v) is 6.13. The molecule has 0 radical (unpaired) electrons. The number of hydrogen-bond acceptors (Lipinski definition) is 2. The van der Waals surface area contributed by atoms with Crippen molar-refractivity contribution >= 4 is 5.91 Å². The van der Waals surface area contributed by atoms with Crippen molar-refractivity contribution in [3.05, 3.63) is 0 Å². The number of carbonyl (C=O) groups is 1. The van der Waals surface area contributed by atoms with Crippen LogP contribution >= 0.6 is 0 Å². The van der Waals surface area contributed by atoms with Gasteiger partial charge in [0.05, 0.1) is 5.60 Å². The third-order valence-corrected chi connectivity index (χ3v) is 1.95. The van der Waals surface area contributed by atoms with E-state index in [1.54, 1.807) is 6.92 Å². The topological polar surface area (TPSA) is 63.3 Å². The van der Waals surface area contributed by atoms with Crippen molar-refractivity contribution in [3.8, 4) is 0 Å². The van der Waals surface area contributed by atoms with Gasteiger partial charge in [0.1, 0.15) is 0 Å². The summed E-state index contributed by atoms with van der Waals surface area (Å²) in [6, 6.07) is 0. The number of amides is 1. The average molecular weight is 143 g/mol. The Hall–Kier alpha value is -0.570. The Labute approximate surface area is 60.2 Å². The van der Waals surface area contributed by atoms with Crippen LogP contribution in [-0.4, -0.2) is 16.6 Å². The maximum atomic E-state index is 10.4. The van der Waals surface area contributed by atoms with Crippen molar-refractivity contribution in [3.63, 3.8) is 0 Å². The molecule has 1 amide bonds. The highest BCUT2D eigenvalue weighted by Crippen LogP contribution is 2.38. The van der Waals surface area contributed by atoms with E-state index in [0.717, 1.165) is 12.8 Å². The van der Waals surface area contributed by atoms with Crippen LogP contribution in [0.4, 0.5) is 0 Å². The van der Waals surface area contributed by atoms with Crippen molar-refractivity contribution in [2.45, 2.75) is 31.8 Å². The second kappa shape index (κ2) is 2.23. The number of rotatable bonds is 2. The monoisotopic (exact) mass is 143 g/mol. The molecule has 0 aromatic rings. The molecule has 0 unspecified atom stereocenters. The summed E-state index contributed by atoms with van der Waals surface area (Å²) in [5.74, 6) is 0.0630. The molecule has 58 valence electrons. The van der Waals surface area contributed by atoms with E-state index in [1.165, 1.54) is 0 Å². The van der Waals surface area contributed by atoms with Gasteiger partial charge in [0.15, 0.2) is 0 Å². The first-order valence-corrected chi connectivity index (χ1v) is 3.50. The predicted octanol–water partition coefficient (Wildman–Crippen LogP) is 0.0228. The van der Waals surface area contributed by atoms with E-state index in [1.807, 2.05) is 0 Å². The maximum absolute atomic E-state index is 10.4. The Kier molecular flexibility index (Phi) is 1.68. The Morgan fingerprint density at radius 1 is 1.80 bits per heavy atom. The zero-order valence-electron chi connectivity index (χ0n) is 6.13. The summed E-state index contributed by atoms with van der Waals surface area (Å²) < 4.78 is 0. The highest BCUT2D eigenvalue weighted by Gasteiger charge is 2.38. The van der Waals surface area contributed by atoms with Crippen LogP contribution in [0, 0.1) is 5.92 Å². The summed E-state index contributed by atoms with van der Waals surface area (Å²) in [7, 11) is 0. The van der Waals surface area contributed by atoms with E-state index in [2.05, 4.69) is 0 Å². The molecule has 0 aliphatic heterocycles. The molecule has 1 aliphatic carbocycles. The highest BCUT2D eigenvalue weighted by molar-refractivity contribution is 5.74. The van der Waals surface area contributed by atoms with Crippen LogP contribution in [0.1, 0.15) is 26.2 Å². The minimum absolute atomic E-state index is 0.263. The number of nitrogens with two attached hydrogens (primary N) is 1. The number of primary amides is 1. The van der Waals surface area contributed by atoms with E-state index in [9.17, 15) is 9.90 Å². The SMILES string of the molecule is CC1(O)CC(CC(N)=O)C1. The lowest BCUT2D eigenvalue weighted by Crippen LogP contribution is -2.42. The first-order valence-electron chi connectivity index (χ1n) is 3.50. The van der Waals surface area contributed by atoms with Gasteiger partial charge < -0.3 is 10.8 Å². The van der Waals surface area contributed by atoms with Crippen LogP contribution < -0.4 is 5.73 Å². The number of hydrogen-bond donors (Lipinski definition) is 2. The standard InChI is InChI=1S/C7H13NO2/c1-7(10)3-5(4-7)2-6(8)9/h5,10H,2-4H2,1H3,(H2,8,9). The molecule has 0 atom stereocenters. The Bertz CT molecular complexity index is 146. The first kappa shape index (κ1) is 7.54. The fraction of sp³-hybridized carbons (Fsp3) is 0.857. The fourth-order valence-corrected chi connectivity index (χ4v) is 1.61. The van der Waals surface area contributed by atoms with Crippen LogP contribution in [0.25, 0.3) is 0 Å². The molecule has 1 rings (SSSR count). The van der Waals surface area contributed by atoms with Crippen LogP contribution in [0.15, 0.2) is 0 Å².